The van der Waals surface area contributed by atoms with Crippen molar-refractivity contribution in [2.75, 3.05) is 5.01 Å². The van der Waals surface area contributed by atoms with E-state index in [1.165, 1.54) is 21.8 Å². The van der Waals surface area contributed by atoms with Crippen LogP contribution in [0, 0.1) is 0 Å². The number of rotatable bonds is 4. The molecule has 6 nitrogen and oxygen atoms in total. The highest BCUT2D eigenvalue weighted by atomic mass is 15.4. The summed E-state index contributed by atoms with van der Waals surface area (Å²) in [5, 5.41) is 9.41. The Bertz CT molecular complexity index is 1420. The number of hydrazine groups is 1. The van der Waals surface area contributed by atoms with Gasteiger partial charge in [-0.2, -0.15) is 5.10 Å². The standard InChI is InChI=1S/C24H24N6/c1-3-29-22-7-5-4-6-19(22)20-13-18(9-11-23(20)29)30(26)24(14-25)16-8-10-21-17(12-16)15-27-28(21)2/h4-15H,3,25-26H2,1-2H3/b24-14-. The maximum absolute atomic E-state index is 6.56. The predicted molar refractivity (Wildman–Crippen MR) is 125 cm³/mol. The lowest BCUT2D eigenvalue weighted by molar-refractivity contribution is 0.797. The summed E-state index contributed by atoms with van der Waals surface area (Å²) in [5.41, 5.74) is 12.1. The van der Waals surface area contributed by atoms with E-state index in [0.29, 0.717) is 0 Å². The second kappa shape index (κ2) is 6.93. The van der Waals surface area contributed by atoms with Crippen molar-refractivity contribution in [3.8, 4) is 0 Å². The largest absolute Gasteiger partial charge is 0.403 e. The lowest BCUT2D eigenvalue weighted by Gasteiger charge is -2.22. The van der Waals surface area contributed by atoms with Crippen molar-refractivity contribution in [3.05, 3.63) is 78.6 Å². The molecule has 3 aromatic carbocycles. The molecule has 6 heteroatoms. The highest BCUT2D eigenvalue weighted by molar-refractivity contribution is 6.09. The van der Waals surface area contributed by atoms with Crippen LogP contribution < -0.4 is 16.6 Å². The molecule has 0 aliphatic rings. The van der Waals surface area contributed by atoms with Gasteiger partial charge in [-0.05, 0) is 43.3 Å². The zero-order valence-corrected chi connectivity index (χ0v) is 17.1. The molecule has 0 radical (unpaired) electrons. The first kappa shape index (κ1) is 18.3. The summed E-state index contributed by atoms with van der Waals surface area (Å²) >= 11 is 0. The molecule has 150 valence electrons. The summed E-state index contributed by atoms with van der Waals surface area (Å²) in [6.07, 6.45) is 3.40. The third-order valence-corrected chi connectivity index (χ3v) is 5.81. The fourth-order valence-corrected chi connectivity index (χ4v) is 4.31. The van der Waals surface area contributed by atoms with E-state index in [2.05, 4.69) is 59.1 Å². The first-order valence-electron chi connectivity index (χ1n) is 10.0. The first-order valence-corrected chi connectivity index (χ1v) is 10.0. The van der Waals surface area contributed by atoms with Gasteiger partial charge in [-0.25, -0.2) is 5.84 Å². The molecule has 2 heterocycles. The van der Waals surface area contributed by atoms with E-state index < -0.39 is 0 Å². The highest BCUT2D eigenvalue weighted by Crippen LogP contribution is 2.33. The Morgan fingerprint density at radius 1 is 1.00 bits per heavy atom. The molecule has 0 saturated carbocycles. The van der Waals surface area contributed by atoms with E-state index in [9.17, 15) is 0 Å². The Hall–Kier alpha value is -3.77. The van der Waals surface area contributed by atoms with E-state index in [4.69, 9.17) is 11.6 Å². The van der Waals surface area contributed by atoms with Gasteiger partial charge in [0.2, 0.25) is 0 Å². The molecule has 4 N–H and O–H groups in total. The second-order valence-corrected chi connectivity index (χ2v) is 7.43. The van der Waals surface area contributed by atoms with Crippen LogP contribution in [0.25, 0.3) is 38.4 Å². The van der Waals surface area contributed by atoms with E-state index in [1.54, 1.807) is 11.2 Å². The van der Waals surface area contributed by atoms with Crippen LogP contribution in [-0.4, -0.2) is 14.3 Å². The van der Waals surface area contributed by atoms with Crippen LogP contribution in [0.2, 0.25) is 0 Å². The normalized spacial score (nSPS) is 12.3. The number of hydrogen-bond donors (Lipinski definition) is 2. The quantitative estimate of drug-likeness (QED) is 0.350. The molecule has 0 aliphatic heterocycles. The van der Waals surface area contributed by atoms with Crippen LogP contribution in [0.15, 0.2) is 73.1 Å². The number of hydrogen-bond acceptors (Lipinski definition) is 4. The van der Waals surface area contributed by atoms with Gasteiger partial charge in [0.05, 0.1) is 23.1 Å². The number of benzene rings is 3. The van der Waals surface area contributed by atoms with E-state index >= 15 is 0 Å². The third kappa shape index (κ3) is 2.65. The molecular formula is C24H24N6. The number of fused-ring (bicyclic) bond motifs is 4. The minimum Gasteiger partial charge on any atom is -0.403 e. The molecule has 0 amide bonds. The van der Waals surface area contributed by atoms with E-state index in [0.717, 1.165) is 34.4 Å². The number of nitrogens with zero attached hydrogens (tertiary/aromatic N) is 4. The SMILES string of the molecule is CCn1c2ccccc2c2cc(N(N)/C(=C\N)c3ccc4c(cnn4C)c3)ccc21. The van der Waals surface area contributed by atoms with Crippen molar-refractivity contribution >= 4 is 44.1 Å². The fourth-order valence-electron chi connectivity index (χ4n) is 4.31. The Labute approximate surface area is 174 Å². The highest BCUT2D eigenvalue weighted by Gasteiger charge is 2.15. The van der Waals surface area contributed by atoms with Crippen molar-refractivity contribution in [2.24, 2.45) is 18.6 Å². The fraction of sp³-hybridized carbons (Fsp3) is 0.125. The summed E-state index contributed by atoms with van der Waals surface area (Å²) in [7, 11) is 1.93. The lowest BCUT2D eigenvalue weighted by Crippen LogP contribution is -2.29. The molecule has 0 spiro atoms. The van der Waals surface area contributed by atoms with Gasteiger partial charge < -0.3 is 10.3 Å². The van der Waals surface area contributed by atoms with Gasteiger partial charge in [-0.3, -0.25) is 9.69 Å². The Morgan fingerprint density at radius 2 is 1.77 bits per heavy atom. The van der Waals surface area contributed by atoms with Crippen LogP contribution in [0.5, 0.6) is 0 Å². The molecule has 0 saturated heterocycles. The zero-order chi connectivity index (χ0) is 20.8. The number of nitrogens with two attached hydrogens (primary N) is 2. The molecule has 0 aliphatic carbocycles. The maximum Gasteiger partial charge on any atom is 0.0802 e. The van der Waals surface area contributed by atoms with Crippen LogP contribution in [-0.2, 0) is 13.6 Å². The minimum atomic E-state index is 0.735. The Balaban J connectivity index is 1.61. The van der Waals surface area contributed by atoms with Crippen LogP contribution in [0.4, 0.5) is 5.69 Å². The van der Waals surface area contributed by atoms with Gasteiger partial charge in [0.1, 0.15) is 0 Å². The monoisotopic (exact) mass is 396 g/mol. The summed E-state index contributed by atoms with van der Waals surface area (Å²) in [4.78, 5) is 0. The Morgan fingerprint density at radius 3 is 2.57 bits per heavy atom. The summed E-state index contributed by atoms with van der Waals surface area (Å²) in [6, 6.07) is 20.9. The molecule has 2 aromatic heterocycles. The topological polar surface area (TPSA) is 78.0 Å². The van der Waals surface area contributed by atoms with Crippen LogP contribution in [0.1, 0.15) is 12.5 Å². The summed E-state index contributed by atoms with van der Waals surface area (Å²) in [5.74, 6) is 6.56. The number of anilines is 1. The molecule has 5 rings (SSSR count). The molecule has 0 atom stereocenters. The second-order valence-electron chi connectivity index (χ2n) is 7.43. The molecule has 0 unspecified atom stereocenters. The lowest BCUT2D eigenvalue weighted by atomic mass is 10.1. The van der Waals surface area contributed by atoms with Crippen LogP contribution >= 0.6 is 0 Å². The van der Waals surface area contributed by atoms with Crippen molar-refractivity contribution in [2.45, 2.75) is 13.5 Å². The maximum atomic E-state index is 6.56. The number of para-hydroxylation sites is 1. The van der Waals surface area contributed by atoms with Gasteiger partial charge in [0.15, 0.2) is 0 Å². The van der Waals surface area contributed by atoms with Crippen molar-refractivity contribution in [3.63, 3.8) is 0 Å². The van der Waals surface area contributed by atoms with Crippen molar-refractivity contribution < 1.29 is 0 Å². The zero-order valence-electron chi connectivity index (χ0n) is 17.1. The number of aryl methyl sites for hydroxylation is 2. The summed E-state index contributed by atoms with van der Waals surface area (Å²) < 4.78 is 4.17. The van der Waals surface area contributed by atoms with Gasteiger partial charge >= 0.3 is 0 Å². The number of aromatic nitrogens is 3. The van der Waals surface area contributed by atoms with Gasteiger partial charge in [-0.15, -0.1) is 0 Å². The smallest absolute Gasteiger partial charge is 0.0802 e. The molecule has 0 bridgehead atoms. The minimum absolute atomic E-state index is 0.735. The third-order valence-electron chi connectivity index (χ3n) is 5.81. The van der Waals surface area contributed by atoms with E-state index in [1.807, 2.05) is 36.1 Å². The predicted octanol–water partition coefficient (Wildman–Crippen LogP) is 4.34. The average molecular weight is 396 g/mol. The van der Waals surface area contributed by atoms with Crippen molar-refractivity contribution in [1.29, 1.82) is 0 Å². The van der Waals surface area contributed by atoms with Gasteiger partial charge in [0, 0.05) is 52.5 Å². The first-order chi connectivity index (χ1) is 14.6. The molecular weight excluding hydrogens is 372 g/mol. The molecule has 30 heavy (non-hydrogen) atoms. The molecule has 5 aromatic rings. The van der Waals surface area contributed by atoms with E-state index in [-0.39, 0.29) is 0 Å². The van der Waals surface area contributed by atoms with Crippen LogP contribution in [0.3, 0.4) is 0 Å². The Kier molecular flexibility index (Phi) is 4.22. The summed E-state index contributed by atoms with van der Waals surface area (Å²) in [6.45, 7) is 3.08. The van der Waals surface area contributed by atoms with Gasteiger partial charge in [-0.1, -0.05) is 24.3 Å². The molecule has 0 fully saturated rings. The van der Waals surface area contributed by atoms with Gasteiger partial charge in [0.25, 0.3) is 0 Å². The average Bonchev–Trinajstić information content (AvgIpc) is 3.31. The van der Waals surface area contributed by atoms with Crippen molar-refractivity contribution in [1.82, 2.24) is 14.3 Å².